The number of hydrogen-bond donors (Lipinski definition) is 0. The number of ether oxygens (including phenoxy) is 2. The zero-order valence-electron chi connectivity index (χ0n) is 11.7. The lowest BCUT2D eigenvalue weighted by Gasteiger charge is -2.30. The minimum Gasteiger partial charge on any atom is -0.480 e. The Morgan fingerprint density at radius 1 is 1.30 bits per heavy atom. The molecule has 0 N–H and O–H groups in total. The van der Waals surface area contributed by atoms with Crippen LogP contribution in [0.2, 0.25) is 0 Å². The molecule has 1 aromatic rings. The van der Waals surface area contributed by atoms with Crippen LogP contribution in [0.5, 0.6) is 5.88 Å². The Kier molecular flexibility index (Phi) is 4.55. The molecule has 108 valence electrons. The smallest absolute Gasteiger partial charge is 0.308 e. The first-order valence-electron chi connectivity index (χ1n) is 6.53. The van der Waals surface area contributed by atoms with Crippen LogP contribution < -0.4 is 4.74 Å². The van der Waals surface area contributed by atoms with Gasteiger partial charge in [0, 0.05) is 19.3 Å². The summed E-state index contributed by atoms with van der Waals surface area (Å²) in [6.45, 7) is 1.08. The third-order valence-electron chi connectivity index (χ3n) is 3.51. The Labute approximate surface area is 117 Å². The molecule has 0 atom stereocenters. The van der Waals surface area contributed by atoms with E-state index in [1.54, 1.807) is 23.2 Å². The SMILES string of the molecule is COC(=O)C1CCN(C(=O)c2cccnc2OC)CC1. The van der Waals surface area contributed by atoms with Crippen LogP contribution in [-0.2, 0) is 9.53 Å². The molecule has 0 unspecified atom stereocenters. The summed E-state index contributed by atoms with van der Waals surface area (Å²) in [6.07, 6.45) is 2.83. The molecule has 6 heteroatoms. The molecule has 0 spiro atoms. The molecule has 0 aromatic carbocycles. The highest BCUT2D eigenvalue weighted by Crippen LogP contribution is 2.22. The fraction of sp³-hybridized carbons (Fsp3) is 0.500. The average Bonchev–Trinajstić information content (AvgIpc) is 2.53. The number of carbonyl (C=O) groups excluding carboxylic acids is 2. The molecule has 2 rings (SSSR count). The summed E-state index contributed by atoms with van der Waals surface area (Å²) in [6, 6.07) is 3.40. The molecule has 0 aliphatic carbocycles. The number of nitrogens with zero attached hydrogens (tertiary/aromatic N) is 2. The van der Waals surface area contributed by atoms with Crippen molar-refractivity contribution in [2.24, 2.45) is 5.92 Å². The normalized spacial score (nSPS) is 15.8. The third kappa shape index (κ3) is 2.89. The second kappa shape index (κ2) is 6.36. The van der Waals surface area contributed by atoms with Crippen molar-refractivity contribution in [1.82, 2.24) is 9.88 Å². The molecule has 1 amide bonds. The Hall–Kier alpha value is -2.11. The molecule has 1 aromatic heterocycles. The molecule has 1 aliphatic rings. The van der Waals surface area contributed by atoms with Crippen LogP contribution in [-0.4, -0.2) is 49.1 Å². The van der Waals surface area contributed by atoms with Gasteiger partial charge < -0.3 is 14.4 Å². The summed E-state index contributed by atoms with van der Waals surface area (Å²) >= 11 is 0. The Balaban J connectivity index is 2.03. The van der Waals surface area contributed by atoms with Crippen LogP contribution in [0.3, 0.4) is 0 Å². The van der Waals surface area contributed by atoms with Gasteiger partial charge in [-0.05, 0) is 25.0 Å². The van der Waals surface area contributed by atoms with Crippen molar-refractivity contribution < 1.29 is 19.1 Å². The van der Waals surface area contributed by atoms with Crippen LogP contribution in [0.4, 0.5) is 0 Å². The second-order valence-electron chi connectivity index (χ2n) is 4.65. The van der Waals surface area contributed by atoms with Crippen molar-refractivity contribution in [3.05, 3.63) is 23.9 Å². The van der Waals surface area contributed by atoms with Crippen LogP contribution in [0, 0.1) is 5.92 Å². The molecule has 6 nitrogen and oxygen atoms in total. The van der Waals surface area contributed by atoms with Gasteiger partial charge in [-0.3, -0.25) is 9.59 Å². The number of piperidine rings is 1. The predicted octanol–water partition coefficient (Wildman–Crippen LogP) is 1.12. The van der Waals surface area contributed by atoms with Gasteiger partial charge in [0.1, 0.15) is 5.56 Å². The van der Waals surface area contributed by atoms with Gasteiger partial charge in [-0.1, -0.05) is 0 Å². The topological polar surface area (TPSA) is 68.7 Å². The molecule has 0 radical (unpaired) electrons. The number of esters is 1. The highest BCUT2D eigenvalue weighted by atomic mass is 16.5. The summed E-state index contributed by atoms with van der Waals surface area (Å²) in [5, 5.41) is 0. The van der Waals surface area contributed by atoms with Crippen molar-refractivity contribution >= 4 is 11.9 Å². The lowest BCUT2D eigenvalue weighted by molar-refractivity contribution is -0.146. The van der Waals surface area contributed by atoms with E-state index in [0.29, 0.717) is 37.4 Å². The summed E-state index contributed by atoms with van der Waals surface area (Å²) in [5.74, 6) is -0.0956. The Bertz CT molecular complexity index is 496. The Morgan fingerprint density at radius 2 is 2.00 bits per heavy atom. The van der Waals surface area contributed by atoms with E-state index in [2.05, 4.69) is 4.98 Å². The van der Waals surface area contributed by atoms with Gasteiger partial charge in [0.2, 0.25) is 5.88 Å². The first-order chi connectivity index (χ1) is 9.67. The van der Waals surface area contributed by atoms with E-state index >= 15 is 0 Å². The van der Waals surface area contributed by atoms with E-state index in [4.69, 9.17) is 9.47 Å². The van der Waals surface area contributed by atoms with Crippen LogP contribution in [0.25, 0.3) is 0 Å². The molecule has 0 bridgehead atoms. The summed E-state index contributed by atoms with van der Waals surface area (Å²) in [7, 11) is 2.88. The first-order valence-corrected chi connectivity index (χ1v) is 6.53. The number of rotatable bonds is 3. The van der Waals surface area contributed by atoms with E-state index in [1.807, 2.05) is 0 Å². The third-order valence-corrected chi connectivity index (χ3v) is 3.51. The number of carbonyl (C=O) groups is 2. The van der Waals surface area contributed by atoms with E-state index in [9.17, 15) is 9.59 Å². The zero-order chi connectivity index (χ0) is 14.5. The molecule has 1 fully saturated rings. The Morgan fingerprint density at radius 3 is 2.60 bits per heavy atom. The molecule has 20 heavy (non-hydrogen) atoms. The number of aromatic nitrogens is 1. The molecule has 1 aliphatic heterocycles. The number of pyridine rings is 1. The standard InChI is InChI=1S/C14H18N2O4/c1-19-12-11(4-3-7-15-12)13(17)16-8-5-10(6-9-16)14(18)20-2/h3-4,7,10H,5-6,8-9H2,1-2H3. The van der Waals surface area contributed by atoms with Crippen LogP contribution in [0.1, 0.15) is 23.2 Å². The summed E-state index contributed by atoms with van der Waals surface area (Å²) in [4.78, 5) is 29.6. The zero-order valence-corrected chi connectivity index (χ0v) is 11.7. The number of likely N-dealkylation sites (tertiary alicyclic amines) is 1. The maximum absolute atomic E-state index is 12.4. The number of hydrogen-bond acceptors (Lipinski definition) is 5. The van der Waals surface area contributed by atoms with Gasteiger partial charge in [0.05, 0.1) is 20.1 Å². The van der Waals surface area contributed by atoms with Gasteiger partial charge >= 0.3 is 5.97 Å². The van der Waals surface area contributed by atoms with Gasteiger partial charge in [-0.25, -0.2) is 4.98 Å². The summed E-state index contributed by atoms with van der Waals surface area (Å²) in [5.41, 5.74) is 0.450. The van der Waals surface area contributed by atoms with Crippen molar-refractivity contribution in [1.29, 1.82) is 0 Å². The monoisotopic (exact) mass is 278 g/mol. The molecular formula is C14H18N2O4. The van der Waals surface area contributed by atoms with Crippen LogP contribution >= 0.6 is 0 Å². The molecular weight excluding hydrogens is 260 g/mol. The first kappa shape index (κ1) is 14.3. The highest BCUT2D eigenvalue weighted by Gasteiger charge is 2.29. The number of amides is 1. The average molecular weight is 278 g/mol. The van der Waals surface area contributed by atoms with E-state index in [-0.39, 0.29) is 17.8 Å². The molecule has 2 heterocycles. The fourth-order valence-electron chi connectivity index (χ4n) is 2.37. The maximum Gasteiger partial charge on any atom is 0.308 e. The predicted molar refractivity (Wildman–Crippen MR) is 71.4 cm³/mol. The molecule has 0 saturated carbocycles. The van der Waals surface area contributed by atoms with Crippen molar-refractivity contribution in [3.63, 3.8) is 0 Å². The number of methoxy groups -OCH3 is 2. The van der Waals surface area contributed by atoms with Crippen molar-refractivity contribution in [2.75, 3.05) is 27.3 Å². The minimum atomic E-state index is -0.198. The van der Waals surface area contributed by atoms with Gasteiger partial charge in [0.25, 0.3) is 5.91 Å². The fourth-order valence-corrected chi connectivity index (χ4v) is 2.37. The van der Waals surface area contributed by atoms with E-state index < -0.39 is 0 Å². The van der Waals surface area contributed by atoms with Crippen LogP contribution in [0.15, 0.2) is 18.3 Å². The van der Waals surface area contributed by atoms with Crippen molar-refractivity contribution in [2.45, 2.75) is 12.8 Å². The van der Waals surface area contributed by atoms with E-state index in [0.717, 1.165) is 0 Å². The largest absolute Gasteiger partial charge is 0.480 e. The molecule has 1 saturated heterocycles. The van der Waals surface area contributed by atoms with Gasteiger partial charge in [-0.2, -0.15) is 0 Å². The second-order valence-corrected chi connectivity index (χ2v) is 4.65. The van der Waals surface area contributed by atoms with E-state index in [1.165, 1.54) is 14.2 Å². The lowest BCUT2D eigenvalue weighted by Crippen LogP contribution is -2.40. The summed E-state index contributed by atoms with van der Waals surface area (Å²) < 4.78 is 9.84. The minimum absolute atomic E-state index is 0.111. The van der Waals surface area contributed by atoms with Crippen molar-refractivity contribution in [3.8, 4) is 5.88 Å². The van der Waals surface area contributed by atoms with Gasteiger partial charge in [0.15, 0.2) is 0 Å². The maximum atomic E-state index is 12.4. The lowest BCUT2D eigenvalue weighted by atomic mass is 9.96. The van der Waals surface area contributed by atoms with Gasteiger partial charge in [-0.15, -0.1) is 0 Å². The quantitative estimate of drug-likeness (QED) is 0.775. The highest BCUT2D eigenvalue weighted by molar-refractivity contribution is 5.96.